The summed E-state index contributed by atoms with van der Waals surface area (Å²) in [4.78, 5) is 0.0370. The molecule has 3 aromatic rings. The lowest BCUT2D eigenvalue weighted by atomic mass is 9.99. The maximum absolute atomic E-state index is 13.2. The van der Waals surface area contributed by atoms with Gasteiger partial charge in [0.2, 0.25) is 0 Å². The molecule has 1 saturated heterocycles. The Morgan fingerprint density at radius 3 is 1.86 bits per heavy atom. The summed E-state index contributed by atoms with van der Waals surface area (Å²) in [5, 5.41) is 10.8. The van der Waals surface area contributed by atoms with Crippen LogP contribution in [0.3, 0.4) is 0 Å². The quantitative estimate of drug-likeness (QED) is 0.203. The molecule has 1 heterocycles. The van der Waals surface area contributed by atoms with E-state index < -0.39 is 40.8 Å². The van der Waals surface area contributed by atoms with E-state index in [-0.39, 0.29) is 18.1 Å². The zero-order valence-corrected chi connectivity index (χ0v) is 22.7. The van der Waals surface area contributed by atoms with Crippen molar-refractivity contribution < 1.29 is 31.9 Å². The summed E-state index contributed by atoms with van der Waals surface area (Å²) in [6, 6.07) is 25.4. The minimum absolute atomic E-state index is 0.0370. The van der Waals surface area contributed by atoms with Crippen LogP contribution in [0.25, 0.3) is 0 Å². The van der Waals surface area contributed by atoms with Gasteiger partial charge in [-0.2, -0.15) is 8.42 Å². The Hall–Kier alpha value is -1.86. The second-order valence-corrected chi connectivity index (χ2v) is 11.0. The number of aliphatic hydroxyl groups excluding tert-OH is 1. The lowest BCUT2D eigenvalue weighted by Crippen LogP contribution is -2.61. The van der Waals surface area contributed by atoms with Crippen LogP contribution < -0.4 is 0 Å². The van der Waals surface area contributed by atoms with Gasteiger partial charge in [0.05, 0.1) is 24.2 Å². The van der Waals surface area contributed by atoms with Gasteiger partial charge >= 0.3 is 0 Å². The molecule has 5 atom stereocenters. The maximum atomic E-state index is 13.2. The molecule has 1 aliphatic heterocycles. The van der Waals surface area contributed by atoms with E-state index in [0.29, 0.717) is 4.43 Å². The number of alkyl halides is 1. The maximum Gasteiger partial charge on any atom is 0.297 e. The molecule has 0 bridgehead atoms. The molecule has 1 aliphatic rings. The fourth-order valence-electron chi connectivity index (χ4n) is 3.94. The molecule has 3 aromatic carbocycles. The molecule has 192 valence electrons. The zero-order valence-electron chi connectivity index (χ0n) is 19.8. The summed E-state index contributed by atoms with van der Waals surface area (Å²) in [5.41, 5.74) is 2.72. The van der Waals surface area contributed by atoms with Crippen molar-refractivity contribution >= 4 is 32.7 Å². The summed E-state index contributed by atoms with van der Waals surface area (Å²) in [5.74, 6) is 0. The molecule has 7 nitrogen and oxygen atoms in total. The zero-order chi connectivity index (χ0) is 25.5. The summed E-state index contributed by atoms with van der Waals surface area (Å²) in [6.45, 7) is 2.24. The molecule has 0 aromatic heterocycles. The Morgan fingerprint density at radius 2 is 1.33 bits per heavy atom. The smallest absolute Gasteiger partial charge is 0.297 e. The van der Waals surface area contributed by atoms with Crippen molar-refractivity contribution in [1.29, 1.82) is 0 Å². The van der Waals surface area contributed by atoms with Gasteiger partial charge < -0.3 is 19.3 Å². The summed E-state index contributed by atoms with van der Waals surface area (Å²) >= 11 is 2.08. The van der Waals surface area contributed by atoms with Crippen LogP contribution in [-0.2, 0) is 41.7 Å². The Labute approximate surface area is 225 Å². The molecule has 0 unspecified atom stereocenters. The predicted octanol–water partition coefficient (Wildman–Crippen LogP) is 4.39. The Morgan fingerprint density at radius 1 is 0.806 bits per heavy atom. The van der Waals surface area contributed by atoms with Crippen LogP contribution in [0.2, 0.25) is 0 Å². The standard InChI is InChI=1S/C27H29IO7S/c1-19-12-14-22(15-13-19)36(30,31)35-24-23(16-28)34-27(29)26(33-18-21-10-6-3-7-11-21)25(24)32-17-20-8-4-2-5-9-20/h2-15,23-27,29H,16-18H2,1H3/t23-,24-,25+,26-,27-/m1/s1. The summed E-state index contributed by atoms with van der Waals surface area (Å²) in [6.07, 6.45) is -5.00. The number of hydrogen-bond acceptors (Lipinski definition) is 7. The number of ether oxygens (including phenoxy) is 3. The van der Waals surface area contributed by atoms with Crippen LogP contribution in [-0.4, -0.2) is 48.7 Å². The second kappa shape index (κ2) is 12.6. The van der Waals surface area contributed by atoms with Crippen molar-refractivity contribution in [2.75, 3.05) is 4.43 Å². The van der Waals surface area contributed by atoms with Gasteiger partial charge in [0.15, 0.2) is 6.29 Å². The van der Waals surface area contributed by atoms with E-state index in [1.807, 2.05) is 67.6 Å². The Balaban J connectivity index is 1.62. The molecule has 1 fully saturated rings. The van der Waals surface area contributed by atoms with E-state index in [9.17, 15) is 13.5 Å². The monoisotopic (exact) mass is 624 g/mol. The molecule has 1 N–H and O–H groups in total. The van der Waals surface area contributed by atoms with Crippen molar-refractivity contribution in [1.82, 2.24) is 0 Å². The van der Waals surface area contributed by atoms with E-state index >= 15 is 0 Å². The van der Waals surface area contributed by atoms with E-state index in [2.05, 4.69) is 22.6 Å². The number of halogens is 1. The molecule has 36 heavy (non-hydrogen) atoms. The number of hydrogen-bond donors (Lipinski definition) is 1. The molecule has 0 radical (unpaired) electrons. The van der Waals surface area contributed by atoms with Gasteiger partial charge in [0.1, 0.15) is 18.3 Å². The van der Waals surface area contributed by atoms with Crippen LogP contribution in [0.5, 0.6) is 0 Å². The molecule has 9 heteroatoms. The average Bonchev–Trinajstić information content (AvgIpc) is 2.89. The molecular weight excluding hydrogens is 595 g/mol. The highest BCUT2D eigenvalue weighted by atomic mass is 127. The fraction of sp³-hybridized carbons (Fsp3) is 0.333. The van der Waals surface area contributed by atoms with Crippen molar-refractivity contribution in [3.8, 4) is 0 Å². The Bertz CT molecular complexity index is 1190. The largest absolute Gasteiger partial charge is 0.368 e. The minimum atomic E-state index is -4.14. The first-order valence-electron chi connectivity index (χ1n) is 11.6. The fourth-order valence-corrected chi connectivity index (χ4v) is 5.76. The molecular formula is C27H29IO7S. The van der Waals surface area contributed by atoms with Gasteiger partial charge in [-0.15, -0.1) is 0 Å². The number of benzene rings is 3. The normalized spacial score (nSPS) is 24.5. The van der Waals surface area contributed by atoms with E-state index in [4.69, 9.17) is 18.4 Å². The first-order valence-corrected chi connectivity index (χ1v) is 14.5. The number of aryl methyl sites for hydroxylation is 1. The topological polar surface area (TPSA) is 91.3 Å². The van der Waals surface area contributed by atoms with Crippen LogP contribution in [0, 0.1) is 6.92 Å². The molecule has 0 spiro atoms. The average molecular weight is 624 g/mol. The molecule has 0 amide bonds. The minimum Gasteiger partial charge on any atom is -0.368 e. The molecule has 0 aliphatic carbocycles. The van der Waals surface area contributed by atoms with Crippen molar-refractivity contribution in [3.05, 3.63) is 102 Å². The van der Waals surface area contributed by atoms with Gasteiger partial charge in [-0.3, -0.25) is 4.18 Å². The molecule has 4 rings (SSSR count). The van der Waals surface area contributed by atoms with Crippen molar-refractivity contribution in [2.45, 2.75) is 55.7 Å². The molecule has 0 saturated carbocycles. The third-order valence-electron chi connectivity index (χ3n) is 5.88. The Kier molecular flexibility index (Phi) is 9.51. The van der Waals surface area contributed by atoms with Gasteiger partial charge in [-0.1, -0.05) is 101 Å². The highest BCUT2D eigenvalue weighted by Crippen LogP contribution is 2.32. The van der Waals surface area contributed by atoms with E-state index in [1.54, 1.807) is 12.1 Å². The van der Waals surface area contributed by atoms with Crippen LogP contribution in [0.1, 0.15) is 16.7 Å². The van der Waals surface area contributed by atoms with Crippen molar-refractivity contribution in [3.63, 3.8) is 0 Å². The first kappa shape index (κ1) is 27.2. The lowest BCUT2D eigenvalue weighted by Gasteiger charge is -2.43. The third kappa shape index (κ3) is 6.91. The highest BCUT2D eigenvalue weighted by Gasteiger charge is 2.49. The predicted molar refractivity (Wildman–Crippen MR) is 143 cm³/mol. The number of rotatable bonds is 10. The van der Waals surface area contributed by atoms with Gasteiger partial charge in [0.25, 0.3) is 10.1 Å². The highest BCUT2D eigenvalue weighted by molar-refractivity contribution is 14.1. The second-order valence-electron chi connectivity index (χ2n) is 8.57. The third-order valence-corrected chi connectivity index (χ3v) is 8.07. The first-order chi connectivity index (χ1) is 17.4. The lowest BCUT2D eigenvalue weighted by molar-refractivity contribution is -0.294. The van der Waals surface area contributed by atoms with E-state index in [1.165, 1.54) is 12.1 Å². The summed E-state index contributed by atoms with van der Waals surface area (Å²) < 4.78 is 50.7. The van der Waals surface area contributed by atoms with Crippen LogP contribution >= 0.6 is 22.6 Å². The SMILES string of the molecule is Cc1ccc(S(=O)(=O)O[C@H]2[C@H](OCc3ccccc3)[C@@H](OCc3ccccc3)[C@H](O)O[C@@H]2CI)cc1. The van der Waals surface area contributed by atoms with Crippen LogP contribution in [0.4, 0.5) is 0 Å². The van der Waals surface area contributed by atoms with Gasteiger partial charge in [-0.05, 0) is 30.2 Å². The summed E-state index contributed by atoms with van der Waals surface area (Å²) in [7, 11) is -4.14. The number of aliphatic hydroxyl groups is 1. The van der Waals surface area contributed by atoms with Crippen molar-refractivity contribution in [2.24, 2.45) is 0 Å². The van der Waals surface area contributed by atoms with Gasteiger partial charge in [-0.25, -0.2) is 0 Å². The van der Waals surface area contributed by atoms with Gasteiger partial charge in [0, 0.05) is 4.43 Å². The van der Waals surface area contributed by atoms with Crippen LogP contribution in [0.15, 0.2) is 89.8 Å². The van der Waals surface area contributed by atoms with E-state index in [0.717, 1.165) is 16.7 Å².